The van der Waals surface area contributed by atoms with Crippen molar-refractivity contribution in [2.45, 2.75) is 0 Å². The van der Waals surface area contributed by atoms with Crippen molar-refractivity contribution in [2.75, 3.05) is 11.5 Å². The number of aromatic nitrogens is 3. The van der Waals surface area contributed by atoms with E-state index in [4.69, 9.17) is 11.5 Å². The van der Waals surface area contributed by atoms with Crippen LogP contribution in [0.15, 0.2) is 36.7 Å². The minimum Gasteiger partial charge on any atom is -0.399 e. The lowest BCUT2D eigenvalue weighted by molar-refractivity contribution is 1.31. The van der Waals surface area contributed by atoms with Crippen LogP contribution in [0.4, 0.5) is 11.5 Å². The van der Waals surface area contributed by atoms with Crippen LogP contribution < -0.4 is 11.5 Å². The number of hydrogen-bond donors (Lipinski definition) is 3. The van der Waals surface area contributed by atoms with Gasteiger partial charge in [0.2, 0.25) is 0 Å². The Balaban J connectivity index is 2.32. The third kappa shape index (κ3) is 1.57. The fourth-order valence-electron chi connectivity index (χ4n) is 1.86. The van der Waals surface area contributed by atoms with Crippen LogP contribution in [0.1, 0.15) is 0 Å². The molecule has 0 aromatic carbocycles. The molecule has 0 radical (unpaired) electrons. The smallest absolute Gasteiger partial charge is 0.140 e. The number of rotatable bonds is 1. The number of H-pyrrole nitrogens is 1. The summed E-state index contributed by atoms with van der Waals surface area (Å²) in [6.07, 6.45) is 3.51. The van der Waals surface area contributed by atoms with Crippen LogP contribution >= 0.6 is 0 Å². The number of nitrogens with two attached hydrogens (primary N) is 2. The maximum atomic E-state index is 5.77. The highest BCUT2D eigenvalue weighted by molar-refractivity contribution is 5.93. The van der Waals surface area contributed by atoms with E-state index >= 15 is 0 Å². The molecule has 0 spiro atoms. The van der Waals surface area contributed by atoms with Gasteiger partial charge in [0.05, 0.1) is 5.69 Å². The van der Waals surface area contributed by atoms with E-state index in [9.17, 15) is 0 Å². The van der Waals surface area contributed by atoms with E-state index < -0.39 is 0 Å². The van der Waals surface area contributed by atoms with E-state index in [1.807, 2.05) is 18.3 Å². The molecule has 3 aromatic rings. The number of anilines is 2. The molecule has 0 fully saturated rings. The van der Waals surface area contributed by atoms with Crippen LogP contribution in [0.25, 0.3) is 22.3 Å². The van der Waals surface area contributed by atoms with Crippen LogP contribution in [0.3, 0.4) is 0 Å². The molecule has 17 heavy (non-hydrogen) atoms. The Labute approximate surface area is 97.5 Å². The van der Waals surface area contributed by atoms with Crippen molar-refractivity contribution in [2.24, 2.45) is 0 Å². The monoisotopic (exact) mass is 225 g/mol. The molecule has 0 aliphatic carbocycles. The zero-order valence-corrected chi connectivity index (χ0v) is 9.01. The lowest BCUT2D eigenvalue weighted by atomic mass is 10.1. The summed E-state index contributed by atoms with van der Waals surface area (Å²) in [5.41, 5.74) is 14.7. The first kappa shape index (κ1) is 9.65. The fourth-order valence-corrected chi connectivity index (χ4v) is 1.86. The summed E-state index contributed by atoms with van der Waals surface area (Å²) in [7, 11) is 0. The fraction of sp³-hybridized carbons (Fsp3) is 0. The standard InChI is InChI=1S/C12H11N5/c13-7-1-3-15-10(5-7)9-6-11(14)17-12-8(9)2-4-16-12/h1-6H,(H2,13,15)(H3,14,16,17). The van der Waals surface area contributed by atoms with Crippen molar-refractivity contribution >= 4 is 22.5 Å². The number of nitrogen functional groups attached to an aromatic ring is 2. The summed E-state index contributed by atoms with van der Waals surface area (Å²) in [4.78, 5) is 11.5. The second kappa shape index (κ2) is 3.48. The Morgan fingerprint density at radius 2 is 2.00 bits per heavy atom. The van der Waals surface area contributed by atoms with E-state index in [-0.39, 0.29) is 0 Å². The van der Waals surface area contributed by atoms with Gasteiger partial charge in [-0.2, -0.15) is 0 Å². The van der Waals surface area contributed by atoms with Crippen LogP contribution in [0.5, 0.6) is 0 Å². The van der Waals surface area contributed by atoms with E-state index in [1.54, 1.807) is 18.3 Å². The third-order valence-corrected chi connectivity index (χ3v) is 2.61. The summed E-state index contributed by atoms with van der Waals surface area (Å²) in [6.45, 7) is 0. The molecular weight excluding hydrogens is 214 g/mol. The number of fused-ring (bicyclic) bond motifs is 1. The van der Waals surface area contributed by atoms with Crippen molar-refractivity contribution in [3.05, 3.63) is 36.7 Å². The molecule has 0 saturated carbocycles. The van der Waals surface area contributed by atoms with Gasteiger partial charge in [-0.15, -0.1) is 0 Å². The molecular formula is C12H11N5. The highest BCUT2D eigenvalue weighted by Crippen LogP contribution is 2.28. The molecule has 0 aliphatic rings. The molecule has 3 heterocycles. The van der Waals surface area contributed by atoms with Crippen LogP contribution in [-0.4, -0.2) is 15.0 Å². The number of hydrogen-bond acceptors (Lipinski definition) is 4. The summed E-state index contributed by atoms with van der Waals surface area (Å²) >= 11 is 0. The first-order valence-electron chi connectivity index (χ1n) is 5.19. The topological polar surface area (TPSA) is 93.6 Å². The summed E-state index contributed by atoms with van der Waals surface area (Å²) in [5.74, 6) is 0.458. The lowest BCUT2D eigenvalue weighted by Crippen LogP contribution is -1.94. The van der Waals surface area contributed by atoms with Gasteiger partial charge in [0.1, 0.15) is 11.5 Å². The van der Waals surface area contributed by atoms with Crippen molar-refractivity contribution < 1.29 is 0 Å². The van der Waals surface area contributed by atoms with E-state index in [0.717, 1.165) is 22.3 Å². The van der Waals surface area contributed by atoms with Gasteiger partial charge in [0, 0.05) is 29.0 Å². The highest BCUT2D eigenvalue weighted by Gasteiger charge is 2.08. The molecule has 3 aromatic heterocycles. The van der Waals surface area contributed by atoms with Gasteiger partial charge in [-0.05, 0) is 24.3 Å². The molecule has 84 valence electrons. The summed E-state index contributed by atoms with van der Waals surface area (Å²) in [6, 6.07) is 7.32. The second-order valence-corrected chi connectivity index (χ2v) is 3.81. The quantitative estimate of drug-likeness (QED) is 0.588. The van der Waals surface area contributed by atoms with Gasteiger partial charge in [-0.1, -0.05) is 0 Å². The van der Waals surface area contributed by atoms with Crippen LogP contribution in [-0.2, 0) is 0 Å². The first-order valence-corrected chi connectivity index (χ1v) is 5.19. The molecule has 0 amide bonds. The molecule has 3 rings (SSSR count). The van der Waals surface area contributed by atoms with Crippen LogP contribution in [0, 0.1) is 0 Å². The van der Waals surface area contributed by atoms with E-state index in [1.165, 1.54) is 0 Å². The first-order chi connectivity index (χ1) is 8.24. The minimum atomic E-state index is 0.458. The Bertz CT molecular complexity index is 686. The molecule has 5 nitrogen and oxygen atoms in total. The van der Waals surface area contributed by atoms with Crippen molar-refractivity contribution in [1.29, 1.82) is 0 Å². The lowest BCUT2D eigenvalue weighted by Gasteiger charge is -2.04. The predicted octanol–water partition coefficient (Wildman–Crippen LogP) is 1.79. The normalized spacial score (nSPS) is 10.8. The van der Waals surface area contributed by atoms with Gasteiger partial charge < -0.3 is 16.5 Å². The highest BCUT2D eigenvalue weighted by atomic mass is 14.9. The average Bonchev–Trinajstić information content (AvgIpc) is 2.75. The second-order valence-electron chi connectivity index (χ2n) is 3.81. The Morgan fingerprint density at radius 1 is 1.12 bits per heavy atom. The molecule has 0 saturated heterocycles. The largest absolute Gasteiger partial charge is 0.399 e. The molecule has 5 N–H and O–H groups in total. The molecule has 0 atom stereocenters. The molecule has 0 unspecified atom stereocenters. The number of pyridine rings is 2. The van der Waals surface area contributed by atoms with Gasteiger partial charge in [0.25, 0.3) is 0 Å². The number of aromatic amines is 1. The maximum absolute atomic E-state index is 5.77. The van der Waals surface area contributed by atoms with Gasteiger partial charge >= 0.3 is 0 Å². The molecule has 5 heteroatoms. The van der Waals surface area contributed by atoms with Crippen molar-refractivity contribution in [1.82, 2.24) is 15.0 Å². The van der Waals surface area contributed by atoms with Gasteiger partial charge in [-0.25, -0.2) is 4.98 Å². The minimum absolute atomic E-state index is 0.458. The van der Waals surface area contributed by atoms with Gasteiger partial charge in [0.15, 0.2) is 0 Å². The summed E-state index contributed by atoms with van der Waals surface area (Å²) < 4.78 is 0. The maximum Gasteiger partial charge on any atom is 0.140 e. The molecule has 0 aliphatic heterocycles. The zero-order chi connectivity index (χ0) is 11.8. The SMILES string of the molecule is Nc1ccnc(-c2cc(N)nc3[nH]ccc23)c1. The number of nitrogens with zero attached hydrogens (tertiary/aromatic N) is 2. The van der Waals surface area contributed by atoms with Gasteiger partial charge in [-0.3, -0.25) is 4.98 Å². The van der Waals surface area contributed by atoms with E-state index in [0.29, 0.717) is 11.5 Å². The van der Waals surface area contributed by atoms with E-state index in [2.05, 4.69) is 15.0 Å². The Hall–Kier alpha value is -2.56. The van der Waals surface area contributed by atoms with Crippen molar-refractivity contribution in [3.63, 3.8) is 0 Å². The number of nitrogens with one attached hydrogen (secondary N) is 1. The van der Waals surface area contributed by atoms with Crippen molar-refractivity contribution in [3.8, 4) is 11.3 Å². The zero-order valence-electron chi connectivity index (χ0n) is 9.01. The average molecular weight is 225 g/mol. The summed E-state index contributed by atoms with van der Waals surface area (Å²) in [5, 5.41) is 0.984. The Morgan fingerprint density at radius 3 is 2.82 bits per heavy atom. The molecule has 0 bridgehead atoms. The van der Waals surface area contributed by atoms with Crippen LogP contribution in [0.2, 0.25) is 0 Å². The third-order valence-electron chi connectivity index (χ3n) is 2.61. The predicted molar refractivity (Wildman–Crippen MR) is 68.1 cm³/mol. The Kier molecular flexibility index (Phi) is 1.98.